The van der Waals surface area contributed by atoms with E-state index in [0.29, 0.717) is 13.1 Å². The van der Waals surface area contributed by atoms with Crippen molar-refractivity contribution in [3.8, 4) is 0 Å². The van der Waals surface area contributed by atoms with Gasteiger partial charge in [-0.05, 0) is 23.8 Å². The van der Waals surface area contributed by atoms with Gasteiger partial charge in [-0.1, -0.05) is 13.0 Å². The number of nitrogens with zero attached hydrogens (tertiary/aromatic N) is 2. The quantitative estimate of drug-likeness (QED) is 0.923. The van der Waals surface area contributed by atoms with Crippen molar-refractivity contribution in [2.75, 3.05) is 13.6 Å². The van der Waals surface area contributed by atoms with Crippen molar-refractivity contribution in [2.45, 2.75) is 25.9 Å². The van der Waals surface area contributed by atoms with E-state index >= 15 is 0 Å². The van der Waals surface area contributed by atoms with Crippen molar-refractivity contribution in [1.82, 2.24) is 9.80 Å². The summed E-state index contributed by atoms with van der Waals surface area (Å²) >= 11 is 1.59. The topological polar surface area (TPSA) is 60.9 Å². The van der Waals surface area contributed by atoms with E-state index in [0.717, 1.165) is 11.3 Å². The lowest BCUT2D eigenvalue weighted by atomic mass is 10.0. The Bertz CT molecular complexity index is 460. The molecule has 1 aliphatic heterocycles. The summed E-state index contributed by atoms with van der Waals surface area (Å²) in [5, 5.41) is 11.2. The van der Waals surface area contributed by atoms with Gasteiger partial charge in [0.05, 0.1) is 6.54 Å². The maximum Gasteiger partial charge on any atom is 0.326 e. The minimum atomic E-state index is -0.914. The summed E-state index contributed by atoms with van der Waals surface area (Å²) < 4.78 is 0. The number of carbonyl (C=O) groups excluding carboxylic acids is 1. The van der Waals surface area contributed by atoms with Crippen LogP contribution in [-0.4, -0.2) is 46.5 Å². The molecule has 1 aromatic rings. The van der Waals surface area contributed by atoms with Gasteiger partial charge in [0.1, 0.15) is 6.04 Å². The van der Waals surface area contributed by atoms with Crippen LogP contribution in [0.2, 0.25) is 0 Å². The standard InChI is InChI=1S/C13H18N2O3S/c1-9-5-6-15(11(9)12(16)17)13(18)14(2)8-10-4-3-7-19-10/h3-4,7,9,11H,5-6,8H2,1-2H3,(H,16,17). The van der Waals surface area contributed by atoms with E-state index in [4.69, 9.17) is 0 Å². The first kappa shape index (κ1) is 13.9. The summed E-state index contributed by atoms with van der Waals surface area (Å²) in [5.41, 5.74) is 0. The number of thiophene rings is 1. The molecule has 0 aliphatic carbocycles. The fourth-order valence-corrected chi connectivity index (χ4v) is 3.22. The van der Waals surface area contributed by atoms with Gasteiger partial charge in [0.2, 0.25) is 0 Å². The fraction of sp³-hybridized carbons (Fsp3) is 0.538. The van der Waals surface area contributed by atoms with Gasteiger partial charge in [-0.3, -0.25) is 0 Å². The van der Waals surface area contributed by atoms with Crippen LogP contribution >= 0.6 is 11.3 Å². The molecule has 2 atom stereocenters. The van der Waals surface area contributed by atoms with E-state index < -0.39 is 12.0 Å². The molecule has 1 N–H and O–H groups in total. The molecule has 104 valence electrons. The van der Waals surface area contributed by atoms with Gasteiger partial charge in [-0.15, -0.1) is 11.3 Å². The highest BCUT2D eigenvalue weighted by atomic mass is 32.1. The lowest BCUT2D eigenvalue weighted by Gasteiger charge is -2.28. The van der Waals surface area contributed by atoms with Crippen molar-refractivity contribution >= 4 is 23.3 Å². The SMILES string of the molecule is CC1CCN(C(=O)N(C)Cc2cccs2)C1C(=O)O. The van der Waals surface area contributed by atoms with Crippen molar-refractivity contribution in [3.05, 3.63) is 22.4 Å². The monoisotopic (exact) mass is 282 g/mol. The zero-order valence-electron chi connectivity index (χ0n) is 11.1. The third kappa shape index (κ3) is 2.89. The lowest BCUT2D eigenvalue weighted by molar-refractivity contribution is -0.142. The second-order valence-electron chi connectivity index (χ2n) is 4.96. The molecule has 2 rings (SSSR count). The maximum absolute atomic E-state index is 12.3. The predicted octanol–water partition coefficient (Wildman–Crippen LogP) is 2.09. The van der Waals surface area contributed by atoms with Gasteiger partial charge in [-0.2, -0.15) is 0 Å². The molecule has 1 aromatic heterocycles. The minimum absolute atomic E-state index is 0.0107. The van der Waals surface area contributed by atoms with Crippen molar-refractivity contribution in [2.24, 2.45) is 5.92 Å². The van der Waals surface area contributed by atoms with E-state index in [1.54, 1.807) is 23.3 Å². The van der Waals surface area contributed by atoms with E-state index in [1.807, 2.05) is 24.4 Å². The smallest absolute Gasteiger partial charge is 0.326 e. The highest BCUT2D eigenvalue weighted by molar-refractivity contribution is 7.09. The Morgan fingerprint density at radius 3 is 2.89 bits per heavy atom. The van der Waals surface area contributed by atoms with E-state index in [9.17, 15) is 14.7 Å². The Morgan fingerprint density at radius 1 is 1.58 bits per heavy atom. The Kier molecular flexibility index (Phi) is 4.09. The molecule has 0 bridgehead atoms. The van der Waals surface area contributed by atoms with Crippen LogP contribution in [0, 0.1) is 5.92 Å². The number of carbonyl (C=O) groups is 2. The van der Waals surface area contributed by atoms with Crippen LogP contribution in [0.1, 0.15) is 18.2 Å². The first-order chi connectivity index (χ1) is 9.00. The molecular formula is C13H18N2O3S. The van der Waals surface area contributed by atoms with Crippen molar-refractivity contribution in [1.29, 1.82) is 0 Å². The molecule has 2 heterocycles. The number of hydrogen-bond donors (Lipinski definition) is 1. The van der Waals surface area contributed by atoms with E-state index in [1.165, 1.54) is 4.90 Å². The van der Waals surface area contributed by atoms with Gasteiger partial charge < -0.3 is 14.9 Å². The molecule has 0 radical (unpaired) electrons. The molecular weight excluding hydrogens is 264 g/mol. The summed E-state index contributed by atoms with van der Waals surface area (Å²) in [6.45, 7) is 2.92. The molecule has 1 fully saturated rings. The summed E-state index contributed by atoms with van der Waals surface area (Å²) in [4.78, 5) is 27.7. The lowest BCUT2D eigenvalue weighted by Crippen LogP contribution is -2.47. The second kappa shape index (κ2) is 5.61. The molecule has 0 saturated carbocycles. The molecule has 0 spiro atoms. The molecule has 2 unspecified atom stereocenters. The van der Waals surface area contributed by atoms with Crippen LogP contribution in [0.5, 0.6) is 0 Å². The molecule has 6 heteroatoms. The van der Waals surface area contributed by atoms with Crippen LogP contribution < -0.4 is 0 Å². The Labute approximate surface area is 116 Å². The predicted molar refractivity (Wildman–Crippen MR) is 73.1 cm³/mol. The number of aliphatic carboxylic acids is 1. The van der Waals surface area contributed by atoms with Crippen LogP contribution in [-0.2, 0) is 11.3 Å². The number of likely N-dealkylation sites (tertiary alicyclic amines) is 1. The third-order valence-electron chi connectivity index (χ3n) is 3.50. The molecule has 1 saturated heterocycles. The average molecular weight is 282 g/mol. The summed E-state index contributed by atoms with van der Waals surface area (Å²) in [7, 11) is 1.71. The summed E-state index contributed by atoms with van der Waals surface area (Å²) in [6, 6.07) is 3.01. The fourth-order valence-electron chi connectivity index (χ4n) is 2.46. The normalized spacial score (nSPS) is 22.5. The highest BCUT2D eigenvalue weighted by Crippen LogP contribution is 2.25. The van der Waals surface area contributed by atoms with Crippen molar-refractivity contribution in [3.63, 3.8) is 0 Å². The number of rotatable bonds is 3. The molecule has 1 aliphatic rings. The molecule has 19 heavy (non-hydrogen) atoms. The summed E-state index contributed by atoms with van der Waals surface area (Å²) in [5.74, 6) is -0.903. The zero-order valence-corrected chi connectivity index (χ0v) is 11.9. The van der Waals surface area contributed by atoms with Crippen molar-refractivity contribution < 1.29 is 14.7 Å². The van der Waals surface area contributed by atoms with E-state index in [-0.39, 0.29) is 11.9 Å². The maximum atomic E-state index is 12.3. The highest BCUT2D eigenvalue weighted by Gasteiger charge is 2.40. The first-order valence-corrected chi connectivity index (χ1v) is 7.15. The van der Waals surface area contributed by atoms with Crippen LogP contribution in [0.25, 0.3) is 0 Å². The number of urea groups is 1. The minimum Gasteiger partial charge on any atom is -0.480 e. The molecule has 5 nitrogen and oxygen atoms in total. The first-order valence-electron chi connectivity index (χ1n) is 6.27. The van der Waals surface area contributed by atoms with Crippen LogP contribution in [0.3, 0.4) is 0 Å². The largest absolute Gasteiger partial charge is 0.480 e. The van der Waals surface area contributed by atoms with E-state index in [2.05, 4.69) is 0 Å². The Morgan fingerprint density at radius 2 is 2.32 bits per heavy atom. The number of hydrogen-bond acceptors (Lipinski definition) is 3. The Balaban J connectivity index is 2.04. The van der Waals surface area contributed by atoms with Crippen LogP contribution in [0.15, 0.2) is 17.5 Å². The third-order valence-corrected chi connectivity index (χ3v) is 4.36. The van der Waals surface area contributed by atoms with Gasteiger partial charge in [0, 0.05) is 18.5 Å². The summed E-state index contributed by atoms with van der Waals surface area (Å²) in [6.07, 6.45) is 0.746. The number of carboxylic acid groups (broad SMARTS) is 1. The van der Waals surface area contributed by atoms with Gasteiger partial charge in [0.15, 0.2) is 0 Å². The second-order valence-corrected chi connectivity index (χ2v) is 5.99. The zero-order chi connectivity index (χ0) is 14.0. The van der Waals surface area contributed by atoms with Gasteiger partial charge in [-0.25, -0.2) is 9.59 Å². The van der Waals surface area contributed by atoms with Gasteiger partial charge >= 0.3 is 12.0 Å². The number of carboxylic acids is 1. The average Bonchev–Trinajstić information content (AvgIpc) is 2.97. The number of amides is 2. The molecule has 0 aromatic carbocycles. The molecule has 2 amide bonds. The Hall–Kier alpha value is -1.56. The van der Waals surface area contributed by atoms with Gasteiger partial charge in [0.25, 0.3) is 0 Å². The van der Waals surface area contributed by atoms with Crippen LogP contribution in [0.4, 0.5) is 4.79 Å².